The van der Waals surface area contributed by atoms with Gasteiger partial charge in [0.05, 0.1) is 30.3 Å². The quantitative estimate of drug-likeness (QED) is 0.634. The van der Waals surface area contributed by atoms with Gasteiger partial charge >= 0.3 is 0 Å². The summed E-state index contributed by atoms with van der Waals surface area (Å²) in [7, 11) is 2.15. The van der Waals surface area contributed by atoms with Gasteiger partial charge in [-0.05, 0) is 71.8 Å². The van der Waals surface area contributed by atoms with E-state index in [9.17, 15) is 0 Å². The molecule has 173 valence electrons. The van der Waals surface area contributed by atoms with Crippen LogP contribution in [0.5, 0.6) is 11.6 Å². The smallest absolute Gasteiger partial charge is 0.263 e. The van der Waals surface area contributed by atoms with E-state index in [1.165, 1.54) is 12.8 Å². The van der Waals surface area contributed by atoms with Gasteiger partial charge in [0, 0.05) is 23.8 Å². The second-order valence-electron chi connectivity index (χ2n) is 9.13. The van der Waals surface area contributed by atoms with Crippen molar-refractivity contribution in [3.05, 3.63) is 43.3 Å². The van der Waals surface area contributed by atoms with Crippen LogP contribution >= 0.6 is 0 Å². The van der Waals surface area contributed by atoms with Gasteiger partial charge < -0.3 is 20.3 Å². The maximum atomic E-state index is 6.09. The molecule has 1 atom stereocenters. The lowest BCUT2D eigenvalue weighted by Gasteiger charge is -2.28. The van der Waals surface area contributed by atoms with Crippen LogP contribution in [0.1, 0.15) is 44.3 Å². The molecule has 2 fully saturated rings. The van der Waals surface area contributed by atoms with E-state index >= 15 is 0 Å². The van der Waals surface area contributed by atoms with Gasteiger partial charge in [-0.25, -0.2) is 15.0 Å². The van der Waals surface area contributed by atoms with E-state index in [0.717, 1.165) is 43.9 Å². The van der Waals surface area contributed by atoms with Gasteiger partial charge in [0.25, 0.3) is 5.88 Å². The molecular formula is C24H31N8O. The predicted octanol–water partition coefficient (Wildman–Crippen LogP) is 3.55. The van der Waals surface area contributed by atoms with Crippen LogP contribution in [0.3, 0.4) is 0 Å². The molecule has 5 heterocycles. The van der Waals surface area contributed by atoms with Crippen molar-refractivity contribution in [1.82, 2.24) is 29.6 Å². The summed E-state index contributed by atoms with van der Waals surface area (Å²) in [6.07, 6.45) is 9.77. The summed E-state index contributed by atoms with van der Waals surface area (Å²) in [6.45, 7) is 9.43. The number of aromatic nitrogens is 5. The van der Waals surface area contributed by atoms with E-state index in [1.54, 1.807) is 12.4 Å². The van der Waals surface area contributed by atoms with Gasteiger partial charge in [-0.2, -0.15) is 5.10 Å². The molecule has 1 radical (unpaired) electrons. The molecule has 2 aliphatic heterocycles. The van der Waals surface area contributed by atoms with Gasteiger partial charge in [0.15, 0.2) is 11.6 Å². The van der Waals surface area contributed by atoms with Crippen molar-refractivity contribution in [2.45, 2.75) is 44.7 Å². The number of anilines is 2. The van der Waals surface area contributed by atoms with E-state index in [4.69, 9.17) is 10.5 Å². The number of nitrogens with two attached hydrogens (primary N) is 1. The van der Waals surface area contributed by atoms with Crippen molar-refractivity contribution >= 4 is 11.6 Å². The van der Waals surface area contributed by atoms with Crippen LogP contribution in [0, 0.1) is 6.92 Å². The minimum absolute atomic E-state index is 0.239. The third-order valence-electron chi connectivity index (χ3n) is 6.63. The number of hydrogen-bond acceptors (Lipinski definition) is 8. The van der Waals surface area contributed by atoms with Crippen molar-refractivity contribution in [3.8, 4) is 22.9 Å². The largest absolute Gasteiger partial charge is 0.433 e. The topological polar surface area (TPSA) is 98.2 Å². The summed E-state index contributed by atoms with van der Waals surface area (Å²) in [5.41, 5.74) is 8.35. The van der Waals surface area contributed by atoms with Crippen LogP contribution in [0.2, 0.25) is 0 Å². The fourth-order valence-electron chi connectivity index (χ4n) is 4.68. The number of ether oxygens (including phenoxy) is 1. The molecule has 0 unspecified atom stereocenters. The SMILES string of the molecule is [CH2]c1cc(-c2cnc(N)c(Oc3cnn(C4CCN(C)CC4)c3)n2)cc(N2CCC[C@H]2C)n1. The highest BCUT2D eigenvalue weighted by Gasteiger charge is 2.23. The highest BCUT2D eigenvalue weighted by Crippen LogP contribution is 2.31. The minimum Gasteiger partial charge on any atom is -0.433 e. The highest BCUT2D eigenvalue weighted by atomic mass is 16.5. The molecule has 0 saturated carbocycles. The van der Waals surface area contributed by atoms with Crippen molar-refractivity contribution in [1.29, 1.82) is 0 Å². The number of hydrogen-bond donors (Lipinski definition) is 1. The molecule has 3 aromatic rings. The number of pyridine rings is 1. The molecule has 0 spiro atoms. The van der Waals surface area contributed by atoms with E-state index in [0.29, 0.717) is 29.2 Å². The average molecular weight is 448 g/mol. The van der Waals surface area contributed by atoms with Crippen molar-refractivity contribution in [2.75, 3.05) is 37.3 Å². The Morgan fingerprint density at radius 1 is 1.09 bits per heavy atom. The number of nitrogen functional groups attached to an aromatic ring is 1. The lowest BCUT2D eigenvalue weighted by atomic mass is 10.1. The van der Waals surface area contributed by atoms with E-state index in [-0.39, 0.29) is 11.7 Å². The first-order valence-corrected chi connectivity index (χ1v) is 11.6. The third kappa shape index (κ3) is 4.64. The van der Waals surface area contributed by atoms with Gasteiger partial charge in [-0.3, -0.25) is 4.68 Å². The van der Waals surface area contributed by atoms with Gasteiger partial charge in [-0.15, -0.1) is 0 Å². The van der Waals surface area contributed by atoms with Crippen molar-refractivity contribution < 1.29 is 4.74 Å². The van der Waals surface area contributed by atoms with E-state index < -0.39 is 0 Å². The molecule has 0 bridgehead atoms. The molecule has 2 saturated heterocycles. The molecule has 33 heavy (non-hydrogen) atoms. The Bertz CT molecular complexity index is 1120. The molecule has 5 rings (SSSR count). The fourth-order valence-corrected chi connectivity index (χ4v) is 4.68. The number of piperidine rings is 1. The van der Waals surface area contributed by atoms with Crippen LogP contribution < -0.4 is 15.4 Å². The minimum atomic E-state index is 0.239. The summed E-state index contributed by atoms with van der Waals surface area (Å²) in [5.74, 6) is 2.03. The zero-order valence-electron chi connectivity index (χ0n) is 19.3. The van der Waals surface area contributed by atoms with Crippen molar-refractivity contribution in [3.63, 3.8) is 0 Å². The lowest BCUT2D eigenvalue weighted by molar-refractivity contribution is 0.212. The summed E-state index contributed by atoms with van der Waals surface area (Å²) in [6, 6.07) is 4.79. The third-order valence-corrected chi connectivity index (χ3v) is 6.63. The fraction of sp³-hybridized carbons (Fsp3) is 0.458. The summed E-state index contributed by atoms with van der Waals surface area (Å²) < 4.78 is 7.99. The normalized spacial score (nSPS) is 19.8. The predicted molar refractivity (Wildman–Crippen MR) is 128 cm³/mol. The molecule has 2 aliphatic rings. The molecule has 2 N–H and O–H groups in total. The van der Waals surface area contributed by atoms with Crippen LogP contribution in [-0.2, 0) is 0 Å². The zero-order chi connectivity index (χ0) is 22.9. The Kier molecular flexibility index (Phi) is 5.88. The first-order chi connectivity index (χ1) is 16.0. The maximum absolute atomic E-state index is 6.09. The summed E-state index contributed by atoms with van der Waals surface area (Å²) in [5, 5.41) is 4.51. The molecule has 0 aromatic carbocycles. The van der Waals surface area contributed by atoms with Gasteiger partial charge in [-0.1, -0.05) is 0 Å². The Hall–Kier alpha value is -3.20. The average Bonchev–Trinajstić information content (AvgIpc) is 3.44. The summed E-state index contributed by atoms with van der Waals surface area (Å²) >= 11 is 0. The number of nitrogens with zero attached hydrogens (tertiary/aromatic N) is 7. The Labute approximate surface area is 194 Å². The van der Waals surface area contributed by atoms with Crippen LogP contribution in [0.25, 0.3) is 11.3 Å². The molecule has 9 nitrogen and oxygen atoms in total. The number of rotatable bonds is 5. The van der Waals surface area contributed by atoms with Gasteiger partial charge in [0.1, 0.15) is 5.82 Å². The summed E-state index contributed by atoms with van der Waals surface area (Å²) in [4.78, 5) is 18.3. The second-order valence-corrected chi connectivity index (χ2v) is 9.13. The maximum Gasteiger partial charge on any atom is 0.263 e. The molecule has 0 amide bonds. The molecule has 0 aliphatic carbocycles. The second kappa shape index (κ2) is 8.97. The van der Waals surface area contributed by atoms with E-state index in [2.05, 4.69) is 50.7 Å². The van der Waals surface area contributed by atoms with E-state index in [1.807, 2.05) is 23.0 Å². The lowest BCUT2D eigenvalue weighted by Crippen LogP contribution is -2.31. The first-order valence-electron chi connectivity index (χ1n) is 11.6. The van der Waals surface area contributed by atoms with Crippen LogP contribution in [0.15, 0.2) is 30.7 Å². The van der Waals surface area contributed by atoms with Gasteiger partial charge in [0.2, 0.25) is 0 Å². The van der Waals surface area contributed by atoms with Crippen LogP contribution in [0.4, 0.5) is 11.6 Å². The molecular weight excluding hydrogens is 416 g/mol. The highest BCUT2D eigenvalue weighted by molar-refractivity contribution is 5.66. The van der Waals surface area contributed by atoms with Crippen LogP contribution in [-0.4, -0.2) is 62.4 Å². The first kappa shape index (κ1) is 21.6. The standard InChI is InChI=1S/C24H31N8O/c1-16-11-18(12-22(28-16)31-8-4-5-17(31)2)21-14-26-23(25)24(29-21)33-20-13-27-32(15-20)19-6-9-30(3)10-7-19/h11-15,17,19H,1,4-10H2,2-3H3,(H2,25,26)/t17-/m1/s1. The number of likely N-dealkylation sites (tertiary alicyclic amines) is 1. The van der Waals surface area contributed by atoms with Crippen molar-refractivity contribution in [2.24, 2.45) is 0 Å². The Morgan fingerprint density at radius 2 is 1.91 bits per heavy atom. The zero-order valence-corrected chi connectivity index (χ0v) is 19.3. The molecule has 3 aromatic heterocycles. The Morgan fingerprint density at radius 3 is 2.67 bits per heavy atom. The Balaban J connectivity index is 1.38. The monoisotopic (exact) mass is 447 g/mol. The molecule has 9 heteroatoms.